The highest BCUT2D eigenvalue weighted by Crippen LogP contribution is 2.27. The molecule has 0 atom stereocenters. The molecule has 0 radical (unpaired) electrons. The van der Waals surface area contributed by atoms with Crippen molar-refractivity contribution in [2.24, 2.45) is 0 Å². The lowest BCUT2D eigenvalue weighted by molar-refractivity contribution is -0.383. The number of rotatable bonds is 8. The molecule has 2 N–H and O–H groups in total. The number of ether oxygens (including phenoxy) is 2. The highest BCUT2D eigenvalue weighted by Gasteiger charge is 2.16. The van der Waals surface area contributed by atoms with E-state index in [0.717, 1.165) is 5.75 Å². The van der Waals surface area contributed by atoms with E-state index >= 15 is 0 Å². The van der Waals surface area contributed by atoms with Crippen molar-refractivity contribution in [1.82, 2.24) is 5.32 Å². The average Bonchev–Trinajstić information content (AvgIpc) is 2.78. The summed E-state index contributed by atoms with van der Waals surface area (Å²) in [4.78, 5) is 23.1. The Labute approximate surface area is 194 Å². The van der Waals surface area contributed by atoms with Crippen molar-refractivity contribution in [2.45, 2.75) is 0 Å². The summed E-state index contributed by atoms with van der Waals surface area (Å²) in [6.07, 6.45) is 0. The molecule has 0 heterocycles. The van der Waals surface area contributed by atoms with E-state index in [1.807, 2.05) is 30.3 Å². The zero-order valence-electron chi connectivity index (χ0n) is 16.6. The van der Waals surface area contributed by atoms with E-state index < -0.39 is 10.8 Å². The third-order valence-electron chi connectivity index (χ3n) is 4.09. The minimum absolute atomic E-state index is 0.0944. The topological polar surface area (TPSA) is 103 Å². The molecule has 0 fully saturated rings. The second kappa shape index (κ2) is 11.1. The second-order valence-corrected chi connectivity index (χ2v) is 7.21. The van der Waals surface area contributed by atoms with E-state index in [0.29, 0.717) is 24.5 Å². The first-order valence-electron chi connectivity index (χ1n) is 9.39. The van der Waals surface area contributed by atoms with Gasteiger partial charge >= 0.3 is 0 Å². The minimum atomic E-state index is -0.596. The number of carbonyl (C=O) groups is 1. The van der Waals surface area contributed by atoms with Gasteiger partial charge in [-0.3, -0.25) is 20.2 Å². The molecule has 3 aromatic carbocycles. The summed E-state index contributed by atoms with van der Waals surface area (Å²) < 4.78 is 11.2. The molecule has 0 bridgehead atoms. The number of hydrogen-bond acceptors (Lipinski definition) is 6. The molecule has 0 aromatic heterocycles. The Morgan fingerprint density at radius 2 is 1.66 bits per heavy atom. The van der Waals surface area contributed by atoms with Gasteiger partial charge in [0, 0.05) is 16.7 Å². The van der Waals surface area contributed by atoms with Crippen LogP contribution in [0.2, 0.25) is 5.02 Å². The first-order chi connectivity index (χ1) is 15.4. The Morgan fingerprint density at radius 3 is 2.38 bits per heavy atom. The number of benzene rings is 3. The monoisotopic (exact) mass is 471 g/mol. The summed E-state index contributed by atoms with van der Waals surface area (Å²) in [5.41, 5.74) is 0.156. The van der Waals surface area contributed by atoms with Crippen molar-refractivity contribution >= 4 is 46.2 Å². The van der Waals surface area contributed by atoms with Crippen LogP contribution in [0, 0.1) is 10.1 Å². The lowest BCUT2D eigenvalue weighted by Crippen LogP contribution is -2.34. The molecule has 0 aliphatic rings. The lowest BCUT2D eigenvalue weighted by Gasteiger charge is -2.11. The number of para-hydroxylation sites is 1. The van der Waals surface area contributed by atoms with Gasteiger partial charge in [0.05, 0.1) is 4.92 Å². The largest absolute Gasteiger partial charge is 0.490 e. The number of anilines is 1. The highest BCUT2D eigenvalue weighted by atomic mass is 35.5. The molecule has 0 aliphatic carbocycles. The maximum Gasteiger partial charge on any atom is 0.294 e. The van der Waals surface area contributed by atoms with Crippen LogP contribution in [0.5, 0.6) is 11.5 Å². The summed E-state index contributed by atoms with van der Waals surface area (Å²) in [5.74, 6) is 0.734. The molecule has 0 aliphatic heterocycles. The number of nitrogens with one attached hydrogen (secondary N) is 2. The Bertz CT molecular complexity index is 1130. The molecular weight excluding hydrogens is 454 g/mol. The summed E-state index contributed by atoms with van der Waals surface area (Å²) >= 11 is 10.9. The third-order valence-corrected chi connectivity index (χ3v) is 4.53. The number of nitro benzene ring substituents is 1. The van der Waals surface area contributed by atoms with Crippen LogP contribution in [-0.2, 0) is 0 Å². The number of carbonyl (C=O) groups excluding carboxylic acids is 1. The van der Waals surface area contributed by atoms with E-state index in [9.17, 15) is 14.9 Å². The number of amides is 1. The molecule has 164 valence electrons. The molecule has 8 nitrogen and oxygen atoms in total. The standard InChI is InChI=1S/C22H18ClN3O5S/c23-16-9-10-19(20(14-16)26(28)29)24-22(32)25-21(27)15-5-4-8-18(13-15)31-12-11-30-17-6-2-1-3-7-17/h1-10,13-14H,11-12H2,(H2,24,25,27,32). The molecule has 0 saturated heterocycles. The van der Waals surface area contributed by atoms with Gasteiger partial charge in [-0.25, -0.2) is 0 Å². The zero-order chi connectivity index (χ0) is 22.9. The lowest BCUT2D eigenvalue weighted by atomic mass is 10.2. The fourth-order valence-electron chi connectivity index (χ4n) is 2.65. The maximum absolute atomic E-state index is 12.5. The van der Waals surface area contributed by atoms with E-state index in [4.69, 9.17) is 33.3 Å². The molecular formula is C22H18ClN3O5S. The minimum Gasteiger partial charge on any atom is -0.490 e. The van der Waals surface area contributed by atoms with Crippen LogP contribution in [0.1, 0.15) is 10.4 Å². The van der Waals surface area contributed by atoms with Gasteiger partial charge in [0.15, 0.2) is 5.11 Å². The molecule has 3 rings (SSSR count). The van der Waals surface area contributed by atoms with Crippen molar-refractivity contribution in [2.75, 3.05) is 18.5 Å². The van der Waals surface area contributed by atoms with Crippen molar-refractivity contribution in [3.8, 4) is 11.5 Å². The third kappa shape index (κ3) is 6.66. The van der Waals surface area contributed by atoms with Gasteiger partial charge in [-0.1, -0.05) is 35.9 Å². The van der Waals surface area contributed by atoms with Crippen LogP contribution in [0.25, 0.3) is 0 Å². The molecule has 0 unspecified atom stereocenters. The van der Waals surface area contributed by atoms with Gasteiger partial charge in [0.1, 0.15) is 30.4 Å². The summed E-state index contributed by atoms with van der Waals surface area (Å²) in [6.45, 7) is 0.633. The summed E-state index contributed by atoms with van der Waals surface area (Å²) in [5, 5.41) is 16.4. The van der Waals surface area contributed by atoms with Gasteiger partial charge in [-0.05, 0) is 54.7 Å². The predicted octanol–water partition coefficient (Wildman–Crippen LogP) is 4.83. The summed E-state index contributed by atoms with van der Waals surface area (Å²) in [7, 11) is 0. The molecule has 1 amide bonds. The normalized spacial score (nSPS) is 10.2. The van der Waals surface area contributed by atoms with Gasteiger partial charge in [0.25, 0.3) is 11.6 Å². The second-order valence-electron chi connectivity index (χ2n) is 6.36. The van der Waals surface area contributed by atoms with Gasteiger partial charge < -0.3 is 14.8 Å². The molecule has 3 aromatic rings. The predicted molar refractivity (Wildman–Crippen MR) is 126 cm³/mol. The summed E-state index contributed by atoms with van der Waals surface area (Å²) in [6, 6.07) is 20.0. The Hall–Kier alpha value is -3.69. The van der Waals surface area contributed by atoms with Gasteiger partial charge in [0.2, 0.25) is 0 Å². The molecule has 10 heteroatoms. The average molecular weight is 472 g/mol. The van der Waals surface area contributed by atoms with Crippen molar-refractivity contribution < 1.29 is 19.2 Å². The van der Waals surface area contributed by atoms with Crippen LogP contribution < -0.4 is 20.1 Å². The number of nitrogens with zero attached hydrogens (tertiary/aromatic N) is 1. The molecule has 0 spiro atoms. The fraction of sp³-hybridized carbons (Fsp3) is 0.0909. The van der Waals surface area contributed by atoms with E-state index in [-0.39, 0.29) is 21.5 Å². The van der Waals surface area contributed by atoms with E-state index in [1.54, 1.807) is 24.3 Å². The Morgan fingerprint density at radius 1 is 0.969 bits per heavy atom. The highest BCUT2D eigenvalue weighted by molar-refractivity contribution is 7.80. The van der Waals surface area contributed by atoms with E-state index in [2.05, 4.69) is 10.6 Å². The molecule has 0 saturated carbocycles. The Balaban J connectivity index is 1.54. The van der Waals surface area contributed by atoms with Crippen molar-refractivity contribution in [1.29, 1.82) is 0 Å². The number of thiocarbonyl (C=S) groups is 1. The SMILES string of the molecule is O=C(NC(=S)Nc1ccc(Cl)cc1[N+](=O)[O-])c1cccc(OCCOc2ccccc2)c1. The van der Waals surface area contributed by atoms with Crippen LogP contribution >= 0.6 is 23.8 Å². The van der Waals surface area contributed by atoms with Crippen molar-refractivity contribution in [3.63, 3.8) is 0 Å². The molecule has 32 heavy (non-hydrogen) atoms. The number of hydrogen-bond donors (Lipinski definition) is 2. The first kappa shape index (κ1) is 23.0. The number of nitro groups is 1. The first-order valence-corrected chi connectivity index (χ1v) is 10.2. The fourth-order valence-corrected chi connectivity index (χ4v) is 3.02. The van der Waals surface area contributed by atoms with Crippen molar-refractivity contribution in [3.05, 3.63) is 93.5 Å². The van der Waals surface area contributed by atoms with E-state index in [1.165, 1.54) is 18.2 Å². The van der Waals surface area contributed by atoms with Crippen LogP contribution in [0.3, 0.4) is 0 Å². The smallest absolute Gasteiger partial charge is 0.294 e. The van der Waals surface area contributed by atoms with Crippen LogP contribution in [-0.4, -0.2) is 29.2 Å². The van der Waals surface area contributed by atoms with Crippen LogP contribution in [0.15, 0.2) is 72.8 Å². The number of halogens is 1. The van der Waals surface area contributed by atoms with Gasteiger partial charge in [-0.15, -0.1) is 0 Å². The Kier molecular flexibility index (Phi) is 7.96. The zero-order valence-corrected chi connectivity index (χ0v) is 18.2. The maximum atomic E-state index is 12.5. The quantitative estimate of drug-likeness (QED) is 0.210. The van der Waals surface area contributed by atoms with Crippen LogP contribution in [0.4, 0.5) is 11.4 Å². The van der Waals surface area contributed by atoms with Gasteiger partial charge in [-0.2, -0.15) is 0 Å².